The van der Waals surface area contributed by atoms with E-state index in [1.165, 1.54) is 16.8 Å². The van der Waals surface area contributed by atoms with Crippen LogP contribution in [0.4, 0.5) is 0 Å². The minimum atomic E-state index is -0.420. The van der Waals surface area contributed by atoms with Crippen LogP contribution in [0.3, 0.4) is 0 Å². The van der Waals surface area contributed by atoms with Gasteiger partial charge in [-0.3, -0.25) is 14.8 Å². The first-order chi connectivity index (χ1) is 13.1. The number of nitrogens with zero attached hydrogens (tertiary/aromatic N) is 1. The Morgan fingerprint density at radius 3 is 2.41 bits per heavy atom. The third kappa shape index (κ3) is 3.81. The smallest absolute Gasteiger partial charge is 0.258 e. The Hall–Kier alpha value is -2.45. The van der Waals surface area contributed by atoms with Crippen molar-refractivity contribution in [2.24, 2.45) is 0 Å². The molecule has 4 rings (SSSR count). The highest BCUT2D eigenvalue weighted by molar-refractivity contribution is 7.97. The number of carbonyl (C=O) groups is 2. The molecule has 2 aromatic carbocycles. The van der Waals surface area contributed by atoms with Gasteiger partial charge in [0.15, 0.2) is 5.78 Å². The summed E-state index contributed by atoms with van der Waals surface area (Å²) in [6.45, 7) is 0.816. The van der Waals surface area contributed by atoms with Crippen LogP contribution in [0.15, 0.2) is 65.6 Å². The minimum absolute atomic E-state index is 0.0178. The number of fused-ring (bicyclic) bond motifs is 1. The normalized spacial score (nSPS) is 13.4. The topological polar surface area (TPSA) is 69.6 Å². The van der Waals surface area contributed by atoms with E-state index in [9.17, 15) is 9.59 Å². The highest BCUT2D eigenvalue weighted by atomic mass is 32.2. The molecule has 5 nitrogen and oxygen atoms in total. The molecule has 0 atom stereocenters. The summed E-state index contributed by atoms with van der Waals surface area (Å²) in [4.78, 5) is 27.2. The van der Waals surface area contributed by atoms with Crippen LogP contribution in [-0.4, -0.2) is 27.7 Å². The monoisotopic (exact) mass is 396 g/mol. The number of hydroxylamine groups is 1. The molecule has 0 aliphatic carbocycles. The van der Waals surface area contributed by atoms with E-state index in [-0.39, 0.29) is 12.3 Å². The van der Waals surface area contributed by atoms with Crippen LogP contribution in [0, 0.1) is 0 Å². The summed E-state index contributed by atoms with van der Waals surface area (Å²) >= 11 is 3.20. The number of ketones is 1. The zero-order valence-electron chi connectivity index (χ0n) is 14.2. The molecule has 7 heteroatoms. The molecule has 1 aliphatic heterocycles. The van der Waals surface area contributed by atoms with Crippen molar-refractivity contribution in [2.75, 3.05) is 6.54 Å². The molecule has 0 saturated carbocycles. The maximum atomic E-state index is 12.5. The fraction of sp³-hybridized carbons (Fsp3) is 0.100. The molecule has 2 heterocycles. The summed E-state index contributed by atoms with van der Waals surface area (Å²) in [5.74, 6) is -0.402. The second kappa shape index (κ2) is 7.66. The number of carbonyl (C=O) groups excluding carboxylic acids is 2. The van der Waals surface area contributed by atoms with Crippen molar-refractivity contribution in [2.45, 2.75) is 11.4 Å². The van der Waals surface area contributed by atoms with Crippen LogP contribution in [0.2, 0.25) is 0 Å². The lowest BCUT2D eigenvalue weighted by molar-refractivity contribution is -0.129. The number of benzene rings is 2. The van der Waals surface area contributed by atoms with Gasteiger partial charge in [0.2, 0.25) is 0 Å². The summed E-state index contributed by atoms with van der Waals surface area (Å²) < 4.78 is 1.90. The number of hydrogen-bond donors (Lipinski definition) is 2. The van der Waals surface area contributed by atoms with E-state index in [1.54, 1.807) is 16.8 Å². The van der Waals surface area contributed by atoms with Gasteiger partial charge in [-0.25, -0.2) is 9.79 Å². The second-order valence-electron chi connectivity index (χ2n) is 6.09. The van der Waals surface area contributed by atoms with Crippen LogP contribution >= 0.6 is 23.3 Å². The van der Waals surface area contributed by atoms with E-state index in [2.05, 4.69) is 6.07 Å². The molecule has 1 aliphatic rings. The Balaban J connectivity index is 1.48. The van der Waals surface area contributed by atoms with Gasteiger partial charge in [0.1, 0.15) is 0 Å². The first-order valence-corrected chi connectivity index (χ1v) is 9.92. The van der Waals surface area contributed by atoms with E-state index >= 15 is 0 Å². The molecule has 0 fully saturated rings. The number of hydrogen-bond acceptors (Lipinski definition) is 6. The van der Waals surface area contributed by atoms with Crippen molar-refractivity contribution in [3.63, 3.8) is 0 Å². The van der Waals surface area contributed by atoms with Gasteiger partial charge in [0, 0.05) is 32.3 Å². The van der Waals surface area contributed by atoms with Crippen LogP contribution in [0.1, 0.15) is 20.8 Å². The van der Waals surface area contributed by atoms with E-state index in [0.29, 0.717) is 17.7 Å². The molecule has 27 heavy (non-hydrogen) atoms. The predicted molar refractivity (Wildman–Crippen MR) is 106 cm³/mol. The van der Waals surface area contributed by atoms with Gasteiger partial charge < -0.3 is 0 Å². The van der Waals surface area contributed by atoms with E-state index in [1.807, 2.05) is 58.9 Å². The van der Waals surface area contributed by atoms with Crippen molar-refractivity contribution in [3.8, 4) is 10.4 Å². The fourth-order valence-corrected chi connectivity index (χ4v) is 5.36. The zero-order chi connectivity index (χ0) is 18.8. The predicted octanol–water partition coefficient (Wildman–Crippen LogP) is 3.97. The summed E-state index contributed by atoms with van der Waals surface area (Å²) in [7, 11) is 0. The van der Waals surface area contributed by atoms with Gasteiger partial charge in [0.05, 0.1) is 6.54 Å². The van der Waals surface area contributed by atoms with Crippen molar-refractivity contribution in [1.29, 1.82) is 0 Å². The standard InChI is InChI=1S/C20H16N2O3S2/c23-19(21-25)12-22-11-18-17(27-22)10-16(26-18)13-6-8-15(9-7-13)20(24)14-4-2-1-3-5-14/h1-10,25H,11-12H2,(H,21,23). The van der Waals surface area contributed by atoms with Crippen molar-refractivity contribution in [1.82, 2.24) is 9.79 Å². The number of thiophene rings is 1. The Labute approximate surface area is 164 Å². The summed E-state index contributed by atoms with van der Waals surface area (Å²) in [6, 6.07) is 19.0. The highest BCUT2D eigenvalue weighted by Crippen LogP contribution is 2.44. The summed E-state index contributed by atoms with van der Waals surface area (Å²) in [5, 5.41) is 8.63. The van der Waals surface area contributed by atoms with Crippen LogP contribution in [-0.2, 0) is 11.3 Å². The summed E-state index contributed by atoms with van der Waals surface area (Å²) in [5.41, 5.74) is 4.08. The van der Waals surface area contributed by atoms with Crippen molar-refractivity contribution in [3.05, 3.63) is 76.7 Å². The van der Waals surface area contributed by atoms with Gasteiger partial charge >= 0.3 is 0 Å². The van der Waals surface area contributed by atoms with Gasteiger partial charge in [-0.15, -0.1) is 11.3 Å². The number of rotatable bonds is 5. The van der Waals surface area contributed by atoms with Crippen LogP contribution in [0.5, 0.6) is 0 Å². The molecule has 1 amide bonds. The van der Waals surface area contributed by atoms with Gasteiger partial charge in [-0.05, 0) is 23.6 Å². The quantitative estimate of drug-likeness (QED) is 0.296. The molecular formula is C20H16N2O3S2. The van der Waals surface area contributed by atoms with Crippen LogP contribution in [0.25, 0.3) is 10.4 Å². The highest BCUT2D eigenvalue weighted by Gasteiger charge is 2.25. The van der Waals surface area contributed by atoms with Gasteiger partial charge in [-0.2, -0.15) is 0 Å². The molecule has 136 valence electrons. The molecule has 3 aromatic rings. The average molecular weight is 396 g/mol. The Morgan fingerprint density at radius 1 is 1.04 bits per heavy atom. The maximum Gasteiger partial charge on any atom is 0.258 e. The zero-order valence-corrected chi connectivity index (χ0v) is 15.8. The number of nitrogens with one attached hydrogen (secondary N) is 1. The third-order valence-corrected chi connectivity index (χ3v) is 6.61. The average Bonchev–Trinajstić information content (AvgIpc) is 3.26. The maximum absolute atomic E-state index is 12.5. The third-order valence-electron chi connectivity index (χ3n) is 4.23. The molecule has 0 radical (unpaired) electrons. The van der Waals surface area contributed by atoms with E-state index in [4.69, 9.17) is 5.21 Å². The molecule has 0 bridgehead atoms. The fourth-order valence-electron chi connectivity index (χ4n) is 2.90. The second-order valence-corrected chi connectivity index (χ2v) is 8.37. The Kier molecular flexibility index (Phi) is 5.09. The molecule has 0 unspecified atom stereocenters. The SMILES string of the molecule is O=C(CN1Cc2sc(-c3ccc(C(=O)c4ccccc4)cc3)cc2S1)NO. The van der Waals surface area contributed by atoms with Gasteiger partial charge in [-0.1, -0.05) is 54.6 Å². The molecule has 0 saturated heterocycles. The van der Waals surface area contributed by atoms with E-state index < -0.39 is 5.91 Å². The van der Waals surface area contributed by atoms with Gasteiger partial charge in [0.25, 0.3) is 5.91 Å². The molecular weight excluding hydrogens is 380 g/mol. The first-order valence-electron chi connectivity index (χ1n) is 8.33. The largest absolute Gasteiger partial charge is 0.289 e. The Bertz CT molecular complexity index is 961. The molecule has 1 aromatic heterocycles. The van der Waals surface area contributed by atoms with Crippen molar-refractivity contribution >= 4 is 35.0 Å². The Morgan fingerprint density at radius 2 is 1.74 bits per heavy atom. The van der Waals surface area contributed by atoms with Crippen LogP contribution < -0.4 is 5.48 Å². The van der Waals surface area contributed by atoms with E-state index in [0.717, 1.165) is 15.3 Å². The molecule has 2 N–H and O–H groups in total. The van der Waals surface area contributed by atoms with Crippen molar-refractivity contribution < 1.29 is 14.8 Å². The lowest BCUT2D eigenvalue weighted by Crippen LogP contribution is -2.30. The summed E-state index contributed by atoms with van der Waals surface area (Å²) in [6.07, 6.45) is 0. The minimum Gasteiger partial charge on any atom is -0.289 e. The lowest BCUT2D eigenvalue weighted by atomic mass is 10.0. The first kappa shape index (κ1) is 17.9. The molecule has 0 spiro atoms. The number of amides is 1. The lowest BCUT2D eigenvalue weighted by Gasteiger charge is -2.11.